The number of carbonyl (C=O) groups is 1. The van der Waals surface area contributed by atoms with Gasteiger partial charge in [-0.2, -0.15) is 0 Å². The number of nitrogens with one attached hydrogen (secondary N) is 2. The van der Waals surface area contributed by atoms with E-state index in [1.165, 1.54) is 0 Å². The summed E-state index contributed by atoms with van der Waals surface area (Å²) in [5.74, 6) is 0.106. The van der Waals surface area contributed by atoms with Crippen LogP contribution in [0.15, 0.2) is 18.3 Å². The molecule has 1 aromatic heterocycles. The fourth-order valence-corrected chi connectivity index (χ4v) is 2.31. The number of pyridine rings is 1. The predicted octanol–water partition coefficient (Wildman–Crippen LogP) is 0.300. The molecule has 0 spiro atoms. The third-order valence-corrected chi connectivity index (χ3v) is 3.37. The minimum atomic E-state index is -0.0880. The van der Waals surface area contributed by atoms with E-state index in [1.807, 2.05) is 26.1 Å². The summed E-state index contributed by atoms with van der Waals surface area (Å²) in [5, 5.41) is 6.18. The van der Waals surface area contributed by atoms with Crippen molar-refractivity contribution in [3.8, 4) is 0 Å². The van der Waals surface area contributed by atoms with Gasteiger partial charge < -0.3 is 10.6 Å². The minimum Gasteiger partial charge on any atom is -0.355 e. The summed E-state index contributed by atoms with van der Waals surface area (Å²) in [6, 6.07) is 4.01. The number of nitrogens with zero attached hydrogens (tertiary/aromatic N) is 2. The summed E-state index contributed by atoms with van der Waals surface area (Å²) in [7, 11) is 0. The van der Waals surface area contributed by atoms with Gasteiger partial charge in [-0.1, -0.05) is 6.07 Å². The van der Waals surface area contributed by atoms with Gasteiger partial charge in [-0.3, -0.25) is 14.7 Å². The summed E-state index contributed by atoms with van der Waals surface area (Å²) < 4.78 is 0. The van der Waals surface area contributed by atoms with Crippen molar-refractivity contribution >= 4 is 5.91 Å². The van der Waals surface area contributed by atoms with Gasteiger partial charge in [0.05, 0.1) is 0 Å². The van der Waals surface area contributed by atoms with Crippen molar-refractivity contribution in [2.45, 2.75) is 26.4 Å². The van der Waals surface area contributed by atoms with Crippen molar-refractivity contribution in [2.75, 3.05) is 26.2 Å². The smallest absolute Gasteiger partial charge is 0.238 e. The number of carbonyl (C=O) groups excluding carboxylic acids is 1. The highest BCUT2D eigenvalue weighted by molar-refractivity contribution is 5.82. The SMILES string of the molecule is CCNC(=O)C1CNCCN1Cc1ccc(C)nc1. The van der Waals surface area contributed by atoms with Gasteiger partial charge >= 0.3 is 0 Å². The number of hydrogen-bond acceptors (Lipinski definition) is 4. The fraction of sp³-hybridized carbons (Fsp3) is 0.571. The van der Waals surface area contributed by atoms with Crippen LogP contribution in [-0.4, -0.2) is 48.0 Å². The van der Waals surface area contributed by atoms with Crippen molar-refractivity contribution in [3.63, 3.8) is 0 Å². The molecule has 1 unspecified atom stereocenters. The Kier molecular flexibility index (Phi) is 4.87. The van der Waals surface area contributed by atoms with Crippen LogP contribution in [0, 0.1) is 6.92 Å². The number of likely N-dealkylation sites (N-methyl/N-ethyl adjacent to an activating group) is 1. The van der Waals surface area contributed by atoms with Crippen LogP contribution >= 0.6 is 0 Å². The van der Waals surface area contributed by atoms with E-state index < -0.39 is 0 Å². The normalized spacial score (nSPS) is 20.2. The van der Waals surface area contributed by atoms with E-state index >= 15 is 0 Å². The van der Waals surface area contributed by atoms with E-state index in [4.69, 9.17) is 0 Å². The molecule has 1 aliphatic heterocycles. The Morgan fingerprint density at radius 1 is 1.58 bits per heavy atom. The molecule has 0 aliphatic carbocycles. The average Bonchev–Trinajstić information content (AvgIpc) is 2.42. The maximum absolute atomic E-state index is 12.0. The third kappa shape index (κ3) is 3.75. The minimum absolute atomic E-state index is 0.0880. The van der Waals surface area contributed by atoms with Crippen molar-refractivity contribution in [1.29, 1.82) is 0 Å². The van der Waals surface area contributed by atoms with Crippen LogP contribution < -0.4 is 10.6 Å². The first-order valence-electron chi connectivity index (χ1n) is 6.84. The molecule has 1 saturated heterocycles. The van der Waals surface area contributed by atoms with E-state index in [0.717, 1.165) is 30.9 Å². The Hall–Kier alpha value is -1.46. The van der Waals surface area contributed by atoms with E-state index in [-0.39, 0.29) is 11.9 Å². The first-order valence-corrected chi connectivity index (χ1v) is 6.84. The van der Waals surface area contributed by atoms with Crippen LogP contribution in [-0.2, 0) is 11.3 Å². The highest BCUT2D eigenvalue weighted by Crippen LogP contribution is 2.10. The van der Waals surface area contributed by atoms with E-state index in [9.17, 15) is 4.79 Å². The summed E-state index contributed by atoms with van der Waals surface area (Å²) in [5.41, 5.74) is 2.17. The van der Waals surface area contributed by atoms with Crippen LogP contribution in [0.2, 0.25) is 0 Å². The van der Waals surface area contributed by atoms with Crippen LogP contribution in [0.3, 0.4) is 0 Å². The fourth-order valence-electron chi connectivity index (χ4n) is 2.31. The molecule has 0 radical (unpaired) electrons. The second kappa shape index (κ2) is 6.63. The van der Waals surface area contributed by atoms with Gasteiger partial charge in [-0.15, -0.1) is 0 Å². The molecule has 1 aliphatic rings. The van der Waals surface area contributed by atoms with Gasteiger partial charge in [0.25, 0.3) is 0 Å². The van der Waals surface area contributed by atoms with Crippen LogP contribution in [0.25, 0.3) is 0 Å². The highest BCUT2D eigenvalue weighted by atomic mass is 16.2. The predicted molar refractivity (Wildman–Crippen MR) is 74.7 cm³/mol. The largest absolute Gasteiger partial charge is 0.355 e. The Morgan fingerprint density at radius 3 is 3.11 bits per heavy atom. The summed E-state index contributed by atoms with van der Waals surface area (Å²) in [6.45, 7) is 7.90. The Bertz CT molecular complexity index is 418. The molecule has 1 aromatic rings. The molecule has 2 N–H and O–H groups in total. The van der Waals surface area contributed by atoms with Gasteiger partial charge in [0.2, 0.25) is 5.91 Å². The maximum atomic E-state index is 12.0. The number of piperazine rings is 1. The summed E-state index contributed by atoms with van der Waals surface area (Å²) in [4.78, 5) is 18.6. The van der Waals surface area contributed by atoms with Crippen LogP contribution in [0.5, 0.6) is 0 Å². The molecule has 0 aromatic carbocycles. The zero-order chi connectivity index (χ0) is 13.7. The number of aromatic nitrogens is 1. The first-order chi connectivity index (χ1) is 9.20. The molecule has 5 nitrogen and oxygen atoms in total. The van der Waals surface area contributed by atoms with E-state index in [1.54, 1.807) is 0 Å². The first kappa shape index (κ1) is 14.0. The van der Waals surface area contributed by atoms with Crippen molar-refractivity contribution < 1.29 is 4.79 Å². The molecule has 2 heterocycles. The number of aryl methyl sites for hydroxylation is 1. The maximum Gasteiger partial charge on any atom is 0.238 e. The zero-order valence-corrected chi connectivity index (χ0v) is 11.6. The second-order valence-corrected chi connectivity index (χ2v) is 4.89. The lowest BCUT2D eigenvalue weighted by Crippen LogP contribution is -2.57. The second-order valence-electron chi connectivity index (χ2n) is 4.89. The average molecular weight is 262 g/mol. The van der Waals surface area contributed by atoms with Crippen LogP contribution in [0.1, 0.15) is 18.2 Å². The summed E-state index contributed by atoms with van der Waals surface area (Å²) in [6.07, 6.45) is 1.89. The Labute approximate surface area is 114 Å². The number of amides is 1. The molecule has 5 heteroatoms. The van der Waals surface area contributed by atoms with Gasteiger partial charge in [0.1, 0.15) is 6.04 Å². The van der Waals surface area contributed by atoms with Gasteiger partial charge in [-0.25, -0.2) is 0 Å². The molecule has 0 saturated carbocycles. The molecule has 19 heavy (non-hydrogen) atoms. The quantitative estimate of drug-likeness (QED) is 0.819. The van der Waals surface area contributed by atoms with Gasteiger partial charge in [0.15, 0.2) is 0 Å². The molecule has 1 atom stereocenters. The Morgan fingerprint density at radius 2 is 2.42 bits per heavy atom. The topological polar surface area (TPSA) is 57.3 Å². The molecule has 0 bridgehead atoms. The van der Waals surface area contributed by atoms with Crippen molar-refractivity contribution in [2.24, 2.45) is 0 Å². The highest BCUT2D eigenvalue weighted by Gasteiger charge is 2.28. The number of hydrogen-bond donors (Lipinski definition) is 2. The molecule has 1 amide bonds. The molecule has 104 valence electrons. The van der Waals surface area contributed by atoms with Crippen LogP contribution in [0.4, 0.5) is 0 Å². The molecule has 1 fully saturated rings. The third-order valence-electron chi connectivity index (χ3n) is 3.37. The van der Waals surface area contributed by atoms with E-state index in [2.05, 4.69) is 26.6 Å². The molecule has 2 rings (SSSR count). The lowest BCUT2D eigenvalue weighted by atomic mass is 10.1. The molecular formula is C14H22N4O. The van der Waals surface area contributed by atoms with Gasteiger partial charge in [-0.05, 0) is 25.5 Å². The van der Waals surface area contributed by atoms with Crippen molar-refractivity contribution in [1.82, 2.24) is 20.5 Å². The number of rotatable bonds is 4. The lowest BCUT2D eigenvalue weighted by Gasteiger charge is -2.35. The van der Waals surface area contributed by atoms with Gasteiger partial charge in [0, 0.05) is 44.6 Å². The Balaban J connectivity index is 2.03. The van der Waals surface area contributed by atoms with Crippen molar-refractivity contribution in [3.05, 3.63) is 29.6 Å². The molecular weight excluding hydrogens is 240 g/mol. The zero-order valence-electron chi connectivity index (χ0n) is 11.6. The lowest BCUT2D eigenvalue weighted by molar-refractivity contribution is -0.127. The standard InChI is InChI=1S/C14H22N4O/c1-3-16-14(19)13-9-15-6-7-18(13)10-12-5-4-11(2)17-8-12/h4-5,8,13,15H,3,6-7,9-10H2,1-2H3,(H,16,19). The summed E-state index contributed by atoms with van der Waals surface area (Å²) >= 11 is 0. The van der Waals surface area contributed by atoms with E-state index in [0.29, 0.717) is 13.1 Å². The monoisotopic (exact) mass is 262 g/mol.